The van der Waals surface area contributed by atoms with Gasteiger partial charge < -0.3 is 0 Å². The summed E-state index contributed by atoms with van der Waals surface area (Å²) in [6, 6.07) is 2.20. The summed E-state index contributed by atoms with van der Waals surface area (Å²) >= 11 is 0. The molecule has 0 amide bonds. The third-order valence-corrected chi connectivity index (χ3v) is 2.43. The van der Waals surface area contributed by atoms with Crippen molar-refractivity contribution in [3.63, 3.8) is 0 Å². The zero-order chi connectivity index (χ0) is 6.48. The van der Waals surface area contributed by atoms with E-state index in [2.05, 4.69) is 6.07 Å². The maximum atomic E-state index is 12.3. The van der Waals surface area contributed by atoms with Crippen LogP contribution in [-0.4, -0.2) is 6.17 Å². The number of halogens is 1. The van der Waals surface area contributed by atoms with Gasteiger partial charge in [-0.25, -0.2) is 4.39 Å². The molecule has 0 aromatic carbocycles. The third kappa shape index (κ3) is 0.578. The monoisotopic (exact) mass is 125 g/mol. The van der Waals surface area contributed by atoms with Crippen molar-refractivity contribution in [2.24, 2.45) is 11.3 Å². The van der Waals surface area contributed by atoms with Crippen LogP contribution in [0.4, 0.5) is 4.39 Å². The molecular weight excluding hydrogens is 117 g/mol. The first kappa shape index (κ1) is 5.22. The number of alkyl halides is 1. The predicted molar refractivity (Wildman–Crippen MR) is 30.3 cm³/mol. The number of hydrogen-bond acceptors (Lipinski definition) is 1. The standard InChI is InChI=1S/C7H8FN/c8-6-3-5(6)7(4-9)1-2-7/h5-6H,1-3H2. The van der Waals surface area contributed by atoms with Gasteiger partial charge in [0.15, 0.2) is 0 Å². The summed E-state index contributed by atoms with van der Waals surface area (Å²) in [5.41, 5.74) is -0.195. The van der Waals surface area contributed by atoms with Crippen molar-refractivity contribution in [3.8, 4) is 6.07 Å². The molecule has 48 valence electrons. The van der Waals surface area contributed by atoms with Crippen molar-refractivity contribution in [3.05, 3.63) is 0 Å². The highest BCUT2D eigenvalue weighted by atomic mass is 19.1. The van der Waals surface area contributed by atoms with Crippen LogP contribution in [0.25, 0.3) is 0 Å². The maximum Gasteiger partial charge on any atom is 0.105 e. The van der Waals surface area contributed by atoms with Crippen LogP contribution in [0, 0.1) is 22.7 Å². The Morgan fingerprint density at radius 2 is 2.11 bits per heavy atom. The van der Waals surface area contributed by atoms with E-state index in [1.807, 2.05) is 0 Å². The molecule has 0 aliphatic heterocycles. The first-order chi connectivity index (χ1) is 4.28. The summed E-state index contributed by atoms with van der Waals surface area (Å²) < 4.78 is 12.3. The molecule has 2 saturated carbocycles. The average molecular weight is 125 g/mol. The molecule has 0 aromatic heterocycles. The normalized spacial score (nSPS) is 43.6. The quantitative estimate of drug-likeness (QED) is 0.522. The SMILES string of the molecule is N#CC1(C2CC2F)CC1. The maximum absolute atomic E-state index is 12.3. The van der Waals surface area contributed by atoms with Crippen LogP contribution in [0.3, 0.4) is 0 Å². The highest BCUT2D eigenvalue weighted by molar-refractivity contribution is 5.19. The molecular formula is C7H8FN. The fraction of sp³-hybridized carbons (Fsp3) is 0.857. The second-order valence-corrected chi connectivity index (χ2v) is 3.13. The van der Waals surface area contributed by atoms with Crippen molar-refractivity contribution < 1.29 is 4.39 Å². The van der Waals surface area contributed by atoms with Crippen LogP contribution in [0.1, 0.15) is 19.3 Å². The largest absolute Gasteiger partial charge is 0.247 e. The summed E-state index contributed by atoms with van der Waals surface area (Å²) in [5.74, 6) is 0.113. The Hall–Kier alpha value is -0.580. The lowest BCUT2D eigenvalue weighted by molar-refractivity contribution is 0.402. The minimum Gasteiger partial charge on any atom is -0.247 e. The number of hydrogen-bond donors (Lipinski definition) is 0. The molecule has 0 bridgehead atoms. The second kappa shape index (κ2) is 1.29. The second-order valence-electron chi connectivity index (χ2n) is 3.13. The van der Waals surface area contributed by atoms with E-state index in [9.17, 15) is 4.39 Å². The third-order valence-electron chi connectivity index (χ3n) is 2.43. The van der Waals surface area contributed by atoms with E-state index < -0.39 is 6.17 Å². The molecule has 2 unspecified atom stereocenters. The van der Waals surface area contributed by atoms with E-state index >= 15 is 0 Å². The summed E-state index contributed by atoms with van der Waals surface area (Å²) in [6.07, 6.45) is 1.88. The summed E-state index contributed by atoms with van der Waals surface area (Å²) in [7, 11) is 0. The Balaban J connectivity index is 2.08. The molecule has 0 radical (unpaired) electrons. The molecule has 2 aliphatic carbocycles. The minimum absolute atomic E-state index is 0.113. The smallest absolute Gasteiger partial charge is 0.105 e. The highest BCUT2D eigenvalue weighted by Gasteiger charge is 2.60. The first-order valence-corrected chi connectivity index (χ1v) is 3.34. The van der Waals surface area contributed by atoms with E-state index in [4.69, 9.17) is 5.26 Å². The van der Waals surface area contributed by atoms with E-state index in [0.29, 0.717) is 6.42 Å². The van der Waals surface area contributed by atoms with Crippen molar-refractivity contribution in [2.45, 2.75) is 25.4 Å². The van der Waals surface area contributed by atoms with Crippen LogP contribution in [0.15, 0.2) is 0 Å². The fourth-order valence-electron chi connectivity index (χ4n) is 1.44. The molecule has 1 nitrogen and oxygen atoms in total. The molecule has 2 aliphatic rings. The molecule has 0 spiro atoms. The van der Waals surface area contributed by atoms with Gasteiger partial charge in [-0.1, -0.05) is 0 Å². The van der Waals surface area contributed by atoms with Gasteiger partial charge in [0.05, 0.1) is 11.5 Å². The van der Waals surface area contributed by atoms with Gasteiger partial charge in [0, 0.05) is 5.92 Å². The van der Waals surface area contributed by atoms with Crippen LogP contribution >= 0.6 is 0 Å². The van der Waals surface area contributed by atoms with Gasteiger partial charge in [-0.05, 0) is 19.3 Å². The van der Waals surface area contributed by atoms with Crippen LogP contribution in [0.5, 0.6) is 0 Å². The molecule has 2 heteroatoms. The lowest BCUT2D eigenvalue weighted by atomic mass is 10.0. The van der Waals surface area contributed by atoms with E-state index in [1.54, 1.807) is 0 Å². The molecule has 2 rings (SSSR count). The van der Waals surface area contributed by atoms with Crippen molar-refractivity contribution in [2.75, 3.05) is 0 Å². The van der Waals surface area contributed by atoms with Crippen LogP contribution in [-0.2, 0) is 0 Å². The van der Waals surface area contributed by atoms with Crippen LogP contribution in [0.2, 0.25) is 0 Å². The van der Waals surface area contributed by atoms with Gasteiger partial charge in [0.25, 0.3) is 0 Å². The van der Waals surface area contributed by atoms with Gasteiger partial charge in [0.2, 0.25) is 0 Å². The van der Waals surface area contributed by atoms with Crippen molar-refractivity contribution >= 4 is 0 Å². The lowest BCUT2D eigenvalue weighted by Crippen LogP contribution is -2.00. The van der Waals surface area contributed by atoms with E-state index in [0.717, 1.165) is 12.8 Å². The highest BCUT2D eigenvalue weighted by Crippen LogP contribution is 2.61. The average Bonchev–Trinajstić information content (AvgIpc) is 2.63. The molecule has 9 heavy (non-hydrogen) atoms. The van der Waals surface area contributed by atoms with Crippen molar-refractivity contribution in [1.29, 1.82) is 5.26 Å². The zero-order valence-corrected chi connectivity index (χ0v) is 5.10. The minimum atomic E-state index is -0.646. The first-order valence-electron chi connectivity index (χ1n) is 3.34. The number of nitrogens with zero attached hydrogens (tertiary/aromatic N) is 1. The van der Waals surface area contributed by atoms with Crippen LogP contribution < -0.4 is 0 Å². The van der Waals surface area contributed by atoms with E-state index in [-0.39, 0.29) is 11.3 Å². The Morgan fingerprint density at radius 3 is 2.22 bits per heavy atom. The van der Waals surface area contributed by atoms with Gasteiger partial charge in [0.1, 0.15) is 6.17 Å². The van der Waals surface area contributed by atoms with Gasteiger partial charge in [-0.2, -0.15) is 5.26 Å². The zero-order valence-electron chi connectivity index (χ0n) is 5.10. The fourth-order valence-corrected chi connectivity index (χ4v) is 1.44. The molecule has 2 atom stereocenters. The molecule has 0 heterocycles. The van der Waals surface area contributed by atoms with Gasteiger partial charge in [-0.3, -0.25) is 0 Å². The van der Waals surface area contributed by atoms with Gasteiger partial charge >= 0.3 is 0 Å². The summed E-state index contributed by atoms with van der Waals surface area (Å²) in [5, 5.41) is 8.57. The van der Waals surface area contributed by atoms with Gasteiger partial charge in [-0.15, -0.1) is 0 Å². The lowest BCUT2D eigenvalue weighted by Gasteiger charge is -1.97. The number of rotatable bonds is 1. The topological polar surface area (TPSA) is 23.8 Å². The Morgan fingerprint density at radius 1 is 1.56 bits per heavy atom. The summed E-state index contributed by atoms with van der Waals surface area (Å²) in [4.78, 5) is 0. The molecule has 0 saturated heterocycles. The Bertz CT molecular complexity index is 178. The molecule has 2 fully saturated rings. The summed E-state index contributed by atoms with van der Waals surface area (Å²) in [6.45, 7) is 0. The molecule has 0 N–H and O–H groups in total. The Labute approximate surface area is 53.5 Å². The van der Waals surface area contributed by atoms with E-state index in [1.165, 1.54) is 0 Å². The van der Waals surface area contributed by atoms with Crippen molar-refractivity contribution in [1.82, 2.24) is 0 Å². The predicted octanol–water partition coefficient (Wildman–Crippen LogP) is 1.65. The Kier molecular flexibility index (Phi) is 0.747. The molecule has 0 aromatic rings. The number of nitriles is 1.